The van der Waals surface area contributed by atoms with Crippen LogP contribution in [0.1, 0.15) is 37.8 Å². The average molecular weight is 895 g/mol. The number of aryl methyl sites for hydroxylation is 2. The predicted molar refractivity (Wildman–Crippen MR) is 211 cm³/mol. The van der Waals surface area contributed by atoms with Gasteiger partial charge in [-0.2, -0.15) is 11.3 Å². The van der Waals surface area contributed by atoms with Crippen molar-refractivity contribution in [2.45, 2.75) is 50.9 Å². The van der Waals surface area contributed by atoms with E-state index in [1.165, 1.54) is 57.2 Å². The van der Waals surface area contributed by atoms with Gasteiger partial charge in [0, 0.05) is 32.4 Å². The van der Waals surface area contributed by atoms with Crippen LogP contribution in [0.3, 0.4) is 0 Å². The zero-order chi connectivity index (χ0) is 34.5. The molecule has 2 nitrogen and oxygen atoms in total. The average Bonchev–Trinajstić information content (AvgIpc) is 3.47. The Morgan fingerprint density at radius 3 is 2.18 bits per heavy atom. The van der Waals surface area contributed by atoms with Crippen molar-refractivity contribution in [3.05, 3.63) is 138 Å². The van der Waals surface area contributed by atoms with Crippen LogP contribution in [0.2, 0.25) is 17.3 Å². The van der Waals surface area contributed by atoms with E-state index in [1.54, 1.807) is 0 Å². The first-order valence-electron chi connectivity index (χ1n) is 17.0. The van der Waals surface area contributed by atoms with Gasteiger partial charge in [0.1, 0.15) is 0 Å². The molecule has 0 atom stereocenters. The largest absolute Gasteiger partial charge is 0.305 e. The molecule has 3 heterocycles. The zero-order valence-electron chi connectivity index (χ0n) is 30.0. The fourth-order valence-electron chi connectivity index (χ4n) is 6.57. The molecule has 49 heavy (non-hydrogen) atoms. The fourth-order valence-corrected chi connectivity index (χ4v) is 11.5. The molecule has 0 saturated heterocycles. The molecule has 0 aliphatic carbocycles. The number of hydrogen-bond acceptors (Lipinski definition) is 3. The first kappa shape index (κ1) is 33.8. The van der Waals surface area contributed by atoms with Crippen LogP contribution in [0.5, 0.6) is 0 Å². The molecule has 0 bridgehead atoms. The maximum Gasteiger partial charge on any atom is 0.0346 e. The SMILES string of the molecule is Cc1cc(-c2[c-]cccc2)nc[c]1[Ge]([CH3])([CH3])[CH3].[2H]C(C)(C)c1ccnc(-c2[c-]ccc3c2sc2c3ccc3c4ccc(C)cc4ccc32)c1.[Ir]. The van der Waals surface area contributed by atoms with E-state index in [1.807, 2.05) is 67.8 Å². The van der Waals surface area contributed by atoms with Gasteiger partial charge in [0.25, 0.3) is 0 Å². The third kappa shape index (κ3) is 7.03. The topological polar surface area (TPSA) is 25.8 Å². The minimum atomic E-state index is -1.77. The van der Waals surface area contributed by atoms with Gasteiger partial charge in [0.2, 0.25) is 0 Å². The second kappa shape index (κ2) is 14.3. The van der Waals surface area contributed by atoms with E-state index in [9.17, 15) is 0 Å². The standard InChI is InChI=1S/C29H22NS.C15H18GeN.Ir/c1-17(2)19-13-14-30-27(16-19)26-6-4-5-23-25-12-11-22-21-9-7-18(3)15-20(21)8-10-24(22)28(25)31-29(23)26;1-12-10-15(13-8-6-5-7-9-13)17-11-14(12)16(2,3)4;/h4-5,7-17H,1-3H3;5-8,10-11H,1-4H3;/q2*-1;/i17D;;. The fraction of sp³-hybridized carbons (Fsp3) is 0.182. The Kier molecular flexibility index (Phi) is 9.86. The second-order valence-electron chi connectivity index (χ2n) is 13.9. The van der Waals surface area contributed by atoms with Crippen molar-refractivity contribution in [1.82, 2.24) is 9.97 Å². The number of rotatable bonds is 4. The smallest absolute Gasteiger partial charge is 0.0346 e. The molecule has 0 fully saturated rings. The van der Waals surface area contributed by atoms with Gasteiger partial charge in [0.15, 0.2) is 0 Å². The Hall–Kier alpha value is -3.67. The van der Waals surface area contributed by atoms with Gasteiger partial charge < -0.3 is 4.98 Å². The van der Waals surface area contributed by atoms with Gasteiger partial charge in [0.05, 0.1) is 0 Å². The molecule has 0 amide bonds. The first-order chi connectivity index (χ1) is 23.4. The van der Waals surface area contributed by atoms with Gasteiger partial charge in [-0.05, 0) is 56.2 Å². The molecule has 8 rings (SSSR count). The monoisotopic (exact) mass is 896 g/mol. The van der Waals surface area contributed by atoms with E-state index in [2.05, 4.69) is 120 Å². The molecule has 0 aliphatic heterocycles. The molecule has 247 valence electrons. The van der Waals surface area contributed by atoms with E-state index in [0.29, 0.717) is 0 Å². The molecule has 3 aromatic heterocycles. The van der Waals surface area contributed by atoms with Crippen LogP contribution in [0.4, 0.5) is 0 Å². The maximum absolute atomic E-state index is 8.42. The van der Waals surface area contributed by atoms with Gasteiger partial charge in [-0.1, -0.05) is 78.9 Å². The summed E-state index contributed by atoms with van der Waals surface area (Å²) in [5.41, 5.74) is 7.61. The Balaban J connectivity index is 0.000000204. The third-order valence-corrected chi connectivity index (χ3v) is 14.8. The Morgan fingerprint density at radius 2 is 1.45 bits per heavy atom. The van der Waals surface area contributed by atoms with Gasteiger partial charge in [-0.15, -0.1) is 23.8 Å². The van der Waals surface area contributed by atoms with Crippen molar-refractivity contribution in [2.24, 2.45) is 0 Å². The summed E-state index contributed by atoms with van der Waals surface area (Å²) in [4.78, 5) is 9.24. The maximum atomic E-state index is 8.42. The van der Waals surface area contributed by atoms with Crippen molar-refractivity contribution < 1.29 is 21.5 Å². The molecular formula is C44H40GeIrN2S-2. The molecule has 5 aromatic carbocycles. The van der Waals surface area contributed by atoms with Gasteiger partial charge >= 0.3 is 106 Å². The van der Waals surface area contributed by atoms with E-state index in [-0.39, 0.29) is 20.1 Å². The molecule has 0 N–H and O–H groups in total. The van der Waals surface area contributed by atoms with Crippen LogP contribution in [0, 0.1) is 26.0 Å². The number of thiophene rings is 1. The minimum Gasteiger partial charge on any atom is -0.305 e. The molecule has 1 radical (unpaired) electrons. The van der Waals surface area contributed by atoms with Gasteiger partial charge in [-0.25, -0.2) is 0 Å². The van der Waals surface area contributed by atoms with Crippen molar-refractivity contribution in [2.75, 3.05) is 0 Å². The van der Waals surface area contributed by atoms with Crippen LogP contribution in [-0.2, 0) is 20.1 Å². The Morgan fingerprint density at radius 1 is 0.714 bits per heavy atom. The normalized spacial score (nSPS) is 12.1. The summed E-state index contributed by atoms with van der Waals surface area (Å²) in [6.45, 7) is 8.16. The molecule has 8 aromatic rings. The van der Waals surface area contributed by atoms with E-state index < -0.39 is 19.2 Å². The molecule has 0 spiro atoms. The van der Waals surface area contributed by atoms with Crippen molar-refractivity contribution in [3.63, 3.8) is 0 Å². The predicted octanol–water partition coefficient (Wildman–Crippen LogP) is 12.1. The summed E-state index contributed by atoms with van der Waals surface area (Å²) >= 11 is 0.0469. The van der Waals surface area contributed by atoms with Crippen LogP contribution >= 0.6 is 11.3 Å². The Labute approximate surface area is 311 Å². The van der Waals surface area contributed by atoms with Crippen LogP contribution in [-0.4, -0.2) is 23.2 Å². The summed E-state index contributed by atoms with van der Waals surface area (Å²) in [5.74, 6) is 6.54. The molecule has 0 unspecified atom stereocenters. The molecular weight excluding hydrogens is 853 g/mol. The van der Waals surface area contributed by atoms with Crippen LogP contribution in [0.25, 0.3) is 64.2 Å². The number of aromatic nitrogens is 2. The summed E-state index contributed by atoms with van der Waals surface area (Å²) < 4.78 is 12.4. The van der Waals surface area contributed by atoms with Crippen molar-refractivity contribution in [1.29, 1.82) is 0 Å². The number of nitrogens with zero attached hydrogens (tertiary/aromatic N) is 2. The quantitative estimate of drug-likeness (QED) is 0.0999. The Bertz CT molecular complexity index is 2490. The molecule has 0 saturated carbocycles. The van der Waals surface area contributed by atoms with Gasteiger partial charge in [-0.3, -0.25) is 0 Å². The first-order valence-corrected chi connectivity index (χ1v) is 24.6. The van der Waals surface area contributed by atoms with E-state index in [0.717, 1.165) is 28.1 Å². The molecule has 5 heteroatoms. The summed E-state index contributed by atoms with van der Waals surface area (Å²) in [6, 6.07) is 40.7. The zero-order valence-corrected chi connectivity index (χ0v) is 34.3. The second-order valence-corrected chi connectivity index (χ2v) is 25.5. The van der Waals surface area contributed by atoms with Crippen LogP contribution in [0.15, 0.2) is 109 Å². The minimum absolute atomic E-state index is 0. The summed E-state index contributed by atoms with van der Waals surface area (Å²) in [5, 5.41) is 7.68. The third-order valence-electron chi connectivity index (χ3n) is 9.06. The number of pyridine rings is 2. The van der Waals surface area contributed by atoms with E-state index >= 15 is 0 Å². The van der Waals surface area contributed by atoms with Crippen LogP contribution < -0.4 is 4.40 Å². The van der Waals surface area contributed by atoms with Crippen molar-refractivity contribution in [3.8, 4) is 22.5 Å². The van der Waals surface area contributed by atoms with Crippen molar-refractivity contribution >= 4 is 70.7 Å². The molecule has 0 aliphatic rings. The number of benzene rings is 5. The number of hydrogen-bond donors (Lipinski definition) is 0. The van der Waals surface area contributed by atoms with E-state index in [4.69, 9.17) is 1.37 Å². The summed E-state index contributed by atoms with van der Waals surface area (Å²) in [6.07, 6.45) is 3.88. The number of fused-ring (bicyclic) bond motifs is 7. The summed E-state index contributed by atoms with van der Waals surface area (Å²) in [7, 11) is 0.